The maximum absolute atomic E-state index is 12.0. The second-order valence-corrected chi connectivity index (χ2v) is 4.82. The van der Waals surface area contributed by atoms with E-state index in [0.29, 0.717) is 12.3 Å². The summed E-state index contributed by atoms with van der Waals surface area (Å²) in [6.45, 7) is 5.57. The molecule has 0 aliphatic carbocycles. The largest absolute Gasteiger partial charge is 0.338 e. The van der Waals surface area contributed by atoms with Gasteiger partial charge in [0, 0.05) is 26.1 Å². The Morgan fingerprint density at radius 3 is 2.88 bits per heavy atom. The molecule has 1 aliphatic heterocycles. The summed E-state index contributed by atoms with van der Waals surface area (Å²) in [7, 11) is 0. The van der Waals surface area contributed by atoms with Crippen molar-refractivity contribution in [3.8, 4) is 0 Å². The average molecular weight is 232 g/mol. The molecule has 0 spiro atoms. The minimum absolute atomic E-state index is 0.257. The molecular weight excluding hydrogens is 212 g/mol. The summed E-state index contributed by atoms with van der Waals surface area (Å²) in [6, 6.07) is 10.2. The predicted octanol–water partition coefficient (Wildman–Crippen LogP) is 1.64. The van der Waals surface area contributed by atoms with Gasteiger partial charge in [0.1, 0.15) is 0 Å². The fourth-order valence-electron chi connectivity index (χ4n) is 2.20. The number of benzene rings is 1. The summed E-state index contributed by atoms with van der Waals surface area (Å²) < 4.78 is 0. The van der Waals surface area contributed by atoms with E-state index < -0.39 is 0 Å². The molecule has 3 nitrogen and oxygen atoms in total. The van der Waals surface area contributed by atoms with Crippen molar-refractivity contribution in [3.05, 3.63) is 35.9 Å². The molecule has 1 aliphatic rings. The first-order valence-electron chi connectivity index (χ1n) is 6.28. The van der Waals surface area contributed by atoms with E-state index in [1.54, 1.807) is 0 Å². The van der Waals surface area contributed by atoms with Crippen LogP contribution in [-0.4, -0.2) is 30.4 Å². The molecule has 1 N–H and O–H groups in total. The smallest absolute Gasteiger partial charge is 0.224 e. The van der Waals surface area contributed by atoms with Crippen LogP contribution in [0, 0.1) is 5.92 Å². The SMILES string of the molecule is CC1CNCCC(=O)N(Cc2ccccc2)C1. The van der Waals surface area contributed by atoms with Crippen LogP contribution in [0.1, 0.15) is 18.9 Å². The van der Waals surface area contributed by atoms with Gasteiger partial charge in [0.25, 0.3) is 0 Å². The quantitative estimate of drug-likeness (QED) is 0.841. The molecule has 0 aromatic heterocycles. The fourth-order valence-corrected chi connectivity index (χ4v) is 2.20. The van der Waals surface area contributed by atoms with Gasteiger partial charge in [-0.1, -0.05) is 37.3 Å². The summed E-state index contributed by atoms with van der Waals surface area (Å²) in [5.41, 5.74) is 1.21. The highest BCUT2D eigenvalue weighted by Gasteiger charge is 2.18. The number of amides is 1. The molecule has 1 heterocycles. The molecule has 1 unspecified atom stereocenters. The summed E-state index contributed by atoms with van der Waals surface area (Å²) in [4.78, 5) is 14.0. The standard InChI is InChI=1S/C14H20N2O/c1-12-9-15-8-7-14(17)16(10-12)11-13-5-3-2-4-6-13/h2-6,12,15H,7-11H2,1H3. The van der Waals surface area contributed by atoms with E-state index >= 15 is 0 Å². The van der Waals surface area contributed by atoms with Crippen LogP contribution in [0.15, 0.2) is 30.3 Å². The highest BCUT2D eigenvalue weighted by atomic mass is 16.2. The van der Waals surface area contributed by atoms with Gasteiger partial charge in [0.05, 0.1) is 0 Å². The van der Waals surface area contributed by atoms with Gasteiger partial charge in [-0.3, -0.25) is 4.79 Å². The highest BCUT2D eigenvalue weighted by Crippen LogP contribution is 2.10. The van der Waals surface area contributed by atoms with E-state index in [9.17, 15) is 4.79 Å². The Morgan fingerprint density at radius 1 is 1.35 bits per heavy atom. The van der Waals surface area contributed by atoms with Crippen molar-refractivity contribution in [3.63, 3.8) is 0 Å². The second kappa shape index (κ2) is 5.82. The van der Waals surface area contributed by atoms with Gasteiger partial charge < -0.3 is 10.2 Å². The minimum atomic E-state index is 0.257. The molecule has 17 heavy (non-hydrogen) atoms. The zero-order valence-electron chi connectivity index (χ0n) is 10.4. The van der Waals surface area contributed by atoms with Crippen LogP contribution in [0.2, 0.25) is 0 Å². The molecular formula is C14H20N2O. The van der Waals surface area contributed by atoms with Gasteiger partial charge in [-0.15, -0.1) is 0 Å². The van der Waals surface area contributed by atoms with Crippen LogP contribution >= 0.6 is 0 Å². The first kappa shape index (κ1) is 12.1. The molecule has 0 radical (unpaired) electrons. The lowest BCUT2D eigenvalue weighted by molar-refractivity contribution is -0.132. The number of carbonyl (C=O) groups excluding carboxylic acids is 1. The van der Waals surface area contributed by atoms with E-state index in [1.165, 1.54) is 5.56 Å². The Morgan fingerprint density at radius 2 is 2.12 bits per heavy atom. The van der Waals surface area contributed by atoms with E-state index in [0.717, 1.165) is 26.2 Å². The second-order valence-electron chi connectivity index (χ2n) is 4.82. The van der Waals surface area contributed by atoms with Crippen molar-refractivity contribution in [1.29, 1.82) is 0 Å². The van der Waals surface area contributed by atoms with Crippen LogP contribution in [-0.2, 0) is 11.3 Å². The Labute approximate surface area is 103 Å². The number of rotatable bonds is 2. The van der Waals surface area contributed by atoms with Gasteiger partial charge in [-0.2, -0.15) is 0 Å². The van der Waals surface area contributed by atoms with Crippen LogP contribution in [0.3, 0.4) is 0 Å². The van der Waals surface area contributed by atoms with E-state index in [-0.39, 0.29) is 5.91 Å². The van der Waals surface area contributed by atoms with E-state index in [4.69, 9.17) is 0 Å². The lowest BCUT2D eigenvalue weighted by Crippen LogP contribution is -2.41. The lowest BCUT2D eigenvalue weighted by atomic mass is 10.1. The van der Waals surface area contributed by atoms with Crippen molar-refractivity contribution in [1.82, 2.24) is 10.2 Å². The summed E-state index contributed by atoms with van der Waals surface area (Å²) >= 11 is 0. The molecule has 0 bridgehead atoms. The molecule has 1 aromatic rings. The number of hydrogen-bond acceptors (Lipinski definition) is 2. The molecule has 2 rings (SSSR count). The van der Waals surface area contributed by atoms with Crippen molar-refractivity contribution >= 4 is 5.91 Å². The van der Waals surface area contributed by atoms with Crippen molar-refractivity contribution in [2.45, 2.75) is 19.9 Å². The summed E-state index contributed by atoms with van der Waals surface area (Å²) in [5.74, 6) is 0.774. The Hall–Kier alpha value is -1.35. The third kappa shape index (κ3) is 3.56. The van der Waals surface area contributed by atoms with Crippen molar-refractivity contribution in [2.75, 3.05) is 19.6 Å². The zero-order chi connectivity index (χ0) is 12.1. The molecule has 92 valence electrons. The van der Waals surface area contributed by atoms with Gasteiger partial charge in [-0.25, -0.2) is 0 Å². The molecule has 3 heteroatoms. The minimum Gasteiger partial charge on any atom is -0.338 e. The fraction of sp³-hybridized carbons (Fsp3) is 0.500. The highest BCUT2D eigenvalue weighted by molar-refractivity contribution is 5.76. The van der Waals surface area contributed by atoms with Gasteiger partial charge in [0.2, 0.25) is 5.91 Å². The molecule has 1 saturated heterocycles. The Balaban J connectivity index is 2.03. The summed E-state index contributed by atoms with van der Waals surface area (Å²) in [6.07, 6.45) is 0.611. The van der Waals surface area contributed by atoms with Crippen LogP contribution in [0.5, 0.6) is 0 Å². The monoisotopic (exact) mass is 232 g/mol. The maximum Gasteiger partial charge on any atom is 0.224 e. The Bertz CT molecular complexity index is 364. The first-order valence-corrected chi connectivity index (χ1v) is 6.28. The van der Waals surface area contributed by atoms with Crippen LogP contribution in [0.25, 0.3) is 0 Å². The molecule has 1 atom stereocenters. The molecule has 1 amide bonds. The van der Waals surface area contributed by atoms with Gasteiger partial charge in [0.15, 0.2) is 0 Å². The normalized spacial score (nSPS) is 22.1. The van der Waals surface area contributed by atoms with Crippen molar-refractivity contribution < 1.29 is 4.79 Å². The van der Waals surface area contributed by atoms with Gasteiger partial charge >= 0.3 is 0 Å². The predicted molar refractivity (Wildman–Crippen MR) is 68.5 cm³/mol. The van der Waals surface area contributed by atoms with Crippen LogP contribution < -0.4 is 5.32 Å². The Kier molecular flexibility index (Phi) is 4.15. The third-order valence-electron chi connectivity index (χ3n) is 3.11. The zero-order valence-corrected chi connectivity index (χ0v) is 10.4. The lowest BCUT2D eigenvalue weighted by Gasteiger charge is -2.28. The van der Waals surface area contributed by atoms with Gasteiger partial charge in [-0.05, 0) is 18.0 Å². The molecule has 1 fully saturated rings. The first-order chi connectivity index (χ1) is 8.25. The van der Waals surface area contributed by atoms with Crippen LogP contribution in [0.4, 0.5) is 0 Å². The maximum atomic E-state index is 12.0. The summed E-state index contributed by atoms with van der Waals surface area (Å²) in [5, 5.41) is 3.30. The average Bonchev–Trinajstić information content (AvgIpc) is 2.33. The third-order valence-corrected chi connectivity index (χ3v) is 3.11. The number of carbonyl (C=O) groups is 1. The molecule has 0 saturated carbocycles. The number of nitrogens with zero attached hydrogens (tertiary/aromatic N) is 1. The van der Waals surface area contributed by atoms with E-state index in [1.807, 2.05) is 23.1 Å². The molecule has 1 aromatic carbocycles. The topological polar surface area (TPSA) is 32.3 Å². The van der Waals surface area contributed by atoms with E-state index in [2.05, 4.69) is 24.4 Å². The van der Waals surface area contributed by atoms with Crippen molar-refractivity contribution in [2.24, 2.45) is 5.92 Å². The number of hydrogen-bond donors (Lipinski definition) is 1. The number of nitrogens with one attached hydrogen (secondary N) is 1.